The lowest BCUT2D eigenvalue weighted by Gasteiger charge is -2.33. The fourth-order valence-corrected chi connectivity index (χ4v) is 7.86. The Kier molecular flexibility index (Phi) is 14.8. The molecule has 5 aromatic carbocycles. The number of likely N-dealkylation sites (tertiary alicyclic amines) is 1. The lowest BCUT2D eigenvalue weighted by Crippen LogP contribution is -2.40. The van der Waals surface area contributed by atoms with Crippen molar-refractivity contribution in [3.8, 4) is 11.5 Å². The van der Waals surface area contributed by atoms with Crippen LogP contribution in [0.25, 0.3) is 10.9 Å². The first kappa shape index (κ1) is 43.8. The number of aromatic nitrogens is 1. The maximum atomic E-state index is 13.8. The quantitative estimate of drug-likeness (QED) is 0.0421. The number of benzene rings is 5. The monoisotopic (exact) mass is 838 g/mol. The van der Waals surface area contributed by atoms with E-state index in [4.69, 9.17) is 9.47 Å². The molecular weight excluding hydrogens is 785 g/mol. The smallest absolute Gasteiger partial charge is 0.347 e. The van der Waals surface area contributed by atoms with Crippen molar-refractivity contribution in [2.45, 2.75) is 43.9 Å². The third kappa shape index (κ3) is 11.1. The molecule has 0 aliphatic carbocycles. The molecule has 1 unspecified atom stereocenters. The van der Waals surface area contributed by atoms with Crippen LogP contribution in [0, 0.1) is 5.92 Å². The molecule has 2 heterocycles. The molecule has 322 valence electrons. The van der Waals surface area contributed by atoms with E-state index in [0.29, 0.717) is 71.4 Å². The van der Waals surface area contributed by atoms with Gasteiger partial charge in [-0.2, -0.15) is 0 Å². The van der Waals surface area contributed by atoms with E-state index in [2.05, 4.69) is 44.8 Å². The fraction of sp³-hybridized carbons (Fsp3) is 0.300. The molecule has 1 aliphatic rings. The predicted molar refractivity (Wildman–Crippen MR) is 238 cm³/mol. The predicted octanol–water partition coefficient (Wildman–Crippen LogP) is 5.99. The van der Waals surface area contributed by atoms with Gasteiger partial charge in [0.2, 0.25) is 11.2 Å². The number of aromatic amines is 1. The Morgan fingerprint density at radius 1 is 0.823 bits per heavy atom. The topological polar surface area (TPSA) is 173 Å². The zero-order chi connectivity index (χ0) is 43.3. The van der Waals surface area contributed by atoms with Gasteiger partial charge >= 0.3 is 5.97 Å². The number of carbonyl (C=O) groups excluding carboxylic acids is 2. The average Bonchev–Trinajstić information content (AvgIpc) is 3.30. The van der Waals surface area contributed by atoms with Crippen molar-refractivity contribution < 1.29 is 34.4 Å². The van der Waals surface area contributed by atoms with E-state index >= 15 is 0 Å². The number of pyridine rings is 1. The summed E-state index contributed by atoms with van der Waals surface area (Å²) < 4.78 is 11.9. The summed E-state index contributed by atoms with van der Waals surface area (Å²) in [4.78, 5) is 43.4. The third-order valence-corrected chi connectivity index (χ3v) is 11.4. The van der Waals surface area contributed by atoms with E-state index in [9.17, 15) is 29.7 Å². The van der Waals surface area contributed by atoms with Gasteiger partial charge in [-0.25, -0.2) is 4.79 Å². The molecule has 1 aliphatic heterocycles. The molecule has 6 N–H and O–H groups in total. The highest BCUT2D eigenvalue weighted by molar-refractivity contribution is 5.94. The summed E-state index contributed by atoms with van der Waals surface area (Å²) in [6.07, 6.45) is 2.16. The van der Waals surface area contributed by atoms with Crippen molar-refractivity contribution >= 4 is 22.8 Å². The lowest BCUT2D eigenvalue weighted by molar-refractivity contribution is -0.164. The van der Waals surface area contributed by atoms with Crippen LogP contribution in [0.3, 0.4) is 0 Å². The minimum absolute atomic E-state index is 0.0564. The van der Waals surface area contributed by atoms with E-state index in [1.165, 1.54) is 17.7 Å². The fourth-order valence-electron chi connectivity index (χ4n) is 7.86. The Morgan fingerprint density at radius 3 is 2.31 bits per heavy atom. The van der Waals surface area contributed by atoms with Crippen LogP contribution < -0.4 is 20.9 Å². The van der Waals surface area contributed by atoms with Crippen LogP contribution in [0.2, 0.25) is 0 Å². The van der Waals surface area contributed by atoms with Gasteiger partial charge in [0.15, 0.2) is 0 Å². The summed E-state index contributed by atoms with van der Waals surface area (Å²) in [6.45, 7) is 4.50. The number of nitrogens with one attached hydrogen (secondary N) is 3. The molecule has 0 spiro atoms. The minimum Gasteiger partial charge on any atom is -0.506 e. The van der Waals surface area contributed by atoms with Gasteiger partial charge in [0.25, 0.3) is 5.91 Å². The summed E-state index contributed by atoms with van der Waals surface area (Å²) >= 11 is 0. The molecule has 1 saturated heterocycles. The molecule has 1 aromatic heterocycles. The van der Waals surface area contributed by atoms with Crippen molar-refractivity contribution in [1.29, 1.82) is 0 Å². The minimum atomic E-state index is -2.04. The zero-order valence-corrected chi connectivity index (χ0v) is 34.7. The number of fused-ring (bicyclic) bond motifs is 1. The molecule has 2 atom stereocenters. The molecule has 0 saturated carbocycles. The summed E-state index contributed by atoms with van der Waals surface area (Å²) in [5, 5.41) is 39.8. The summed E-state index contributed by atoms with van der Waals surface area (Å²) in [7, 11) is 0. The number of H-pyrrole nitrogens is 1. The summed E-state index contributed by atoms with van der Waals surface area (Å²) in [5.41, 5.74) is 2.11. The number of aromatic hydroxyl groups is 1. The number of hydrogen-bond donors (Lipinski definition) is 6. The molecule has 7 rings (SSSR count). The maximum Gasteiger partial charge on any atom is 0.347 e. The zero-order valence-electron chi connectivity index (χ0n) is 34.7. The molecule has 1 fully saturated rings. The molecule has 12 nitrogen and oxygen atoms in total. The van der Waals surface area contributed by atoms with Crippen LogP contribution in [0.5, 0.6) is 11.5 Å². The second-order valence-electron chi connectivity index (χ2n) is 15.8. The second kappa shape index (κ2) is 21.0. The molecule has 6 aromatic rings. The Labute approximate surface area is 361 Å². The summed E-state index contributed by atoms with van der Waals surface area (Å²) in [5.74, 6) is -0.297. The van der Waals surface area contributed by atoms with Crippen LogP contribution >= 0.6 is 0 Å². The standard InChI is InChI=1S/C50H54N4O8/c55-44-21-19-42(43-20-22-46(57)53-47(43)44)45(56)32-51-27-23-35-15-17-38(18-16-35)48(58)52-26-8-30-61-41-14-7-13-40(31-41)50(60,39-11-5-2-6-12-39)49(59)62-34-37-24-28-54(29-25-37)33-36-9-3-1-4-10-36/h1-7,9-22,31,37,45,51,55-56,60H,8,23-30,32-34H2,(H,52,58)(H,53,57)/t45-,50?/m0/s1. The molecule has 0 bridgehead atoms. The molecule has 62 heavy (non-hydrogen) atoms. The number of phenolic OH excluding ortho intramolecular Hbond substituents is 1. The van der Waals surface area contributed by atoms with Gasteiger partial charge in [-0.15, -0.1) is 0 Å². The van der Waals surface area contributed by atoms with Crippen LogP contribution in [0.4, 0.5) is 0 Å². The highest BCUT2D eigenvalue weighted by atomic mass is 16.5. The highest BCUT2D eigenvalue weighted by Crippen LogP contribution is 2.34. The number of nitrogens with zero attached hydrogens (tertiary/aromatic N) is 1. The van der Waals surface area contributed by atoms with Crippen LogP contribution in [0.15, 0.2) is 138 Å². The number of esters is 1. The van der Waals surface area contributed by atoms with E-state index in [1.807, 2.05) is 24.3 Å². The van der Waals surface area contributed by atoms with Gasteiger partial charge < -0.3 is 40.4 Å². The first-order valence-electron chi connectivity index (χ1n) is 21.2. The van der Waals surface area contributed by atoms with E-state index in [-0.39, 0.29) is 36.3 Å². The van der Waals surface area contributed by atoms with Gasteiger partial charge in [-0.05, 0) is 110 Å². The van der Waals surface area contributed by atoms with Gasteiger partial charge in [0.05, 0.1) is 24.8 Å². The number of aliphatic hydroxyl groups excluding tert-OH is 1. The number of aliphatic hydroxyl groups is 2. The van der Waals surface area contributed by atoms with Crippen molar-refractivity contribution in [3.05, 3.63) is 177 Å². The van der Waals surface area contributed by atoms with Crippen LogP contribution in [-0.2, 0) is 28.1 Å². The first-order chi connectivity index (χ1) is 30.2. The Hall–Kier alpha value is -6.31. The van der Waals surface area contributed by atoms with Crippen LogP contribution in [-0.4, -0.2) is 83.0 Å². The summed E-state index contributed by atoms with van der Waals surface area (Å²) in [6, 6.07) is 39.5. The number of phenols is 1. The number of rotatable bonds is 19. The van der Waals surface area contributed by atoms with Crippen LogP contribution in [0.1, 0.15) is 63.5 Å². The van der Waals surface area contributed by atoms with Gasteiger partial charge in [-0.1, -0.05) is 91.0 Å². The average molecular weight is 839 g/mol. The normalized spacial score (nSPS) is 14.8. The van der Waals surface area contributed by atoms with E-state index in [1.54, 1.807) is 72.8 Å². The molecule has 1 amide bonds. The number of piperidine rings is 1. The molecular formula is C50H54N4O8. The lowest BCUT2D eigenvalue weighted by atomic mass is 9.86. The Morgan fingerprint density at radius 2 is 1.55 bits per heavy atom. The van der Waals surface area contributed by atoms with Gasteiger partial charge in [-0.3, -0.25) is 14.5 Å². The Bertz CT molecular complexity index is 2450. The maximum absolute atomic E-state index is 13.8. The number of ether oxygens (including phenoxy) is 2. The SMILES string of the molecule is O=C(NCCCOc1cccc(C(O)(C(=O)OCC2CCN(Cc3ccccc3)CC2)c2ccccc2)c1)c1ccc(CCNC[C@H](O)c2ccc(O)c3[nH]c(=O)ccc23)cc1. The number of amides is 1. The third-order valence-electron chi connectivity index (χ3n) is 11.4. The molecule has 12 heteroatoms. The number of carbonyl (C=O) groups is 2. The van der Waals surface area contributed by atoms with Crippen molar-refractivity contribution in [2.75, 3.05) is 45.9 Å². The number of hydrogen-bond acceptors (Lipinski definition) is 10. The van der Waals surface area contributed by atoms with E-state index in [0.717, 1.165) is 38.0 Å². The molecule has 0 radical (unpaired) electrons. The van der Waals surface area contributed by atoms with Crippen molar-refractivity contribution in [2.24, 2.45) is 5.92 Å². The van der Waals surface area contributed by atoms with Crippen molar-refractivity contribution in [3.63, 3.8) is 0 Å². The van der Waals surface area contributed by atoms with E-state index < -0.39 is 17.7 Å². The second-order valence-corrected chi connectivity index (χ2v) is 15.8. The first-order valence-corrected chi connectivity index (χ1v) is 21.2. The van der Waals surface area contributed by atoms with Gasteiger partial charge in [0.1, 0.15) is 11.5 Å². The Balaban J connectivity index is 0.839. The van der Waals surface area contributed by atoms with Crippen molar-refractivity contribution in [1.82, 2.24) is 20.5 Å². The van der Waals surface area contributed by atoms with Gasteiger partial charge in [0, 0.05) is 42.2 Å². The largest absolute Gasteiger partial charge is 0.506 e. The highest BCUT2D eigenvalue weighted by Gasteiger charge is 2.42.